The zero-order valence-electron chi connectivity index (χ0n) is 12.3. The minimum atomic E-state index is 0.319. The van der Waals surface area contributed by atoms with Gasteiger partial charge in [-0.1, -0.05) is 30.3 Å². The van der Waals surface area contributed by atoms with Crippen molar-refractivity contribution in [2.75, 3.05) is 13.1 Å². The molecule has 1 amide bonds. The maximum absolute atomic E-state index is 12.4. The van der Waals surface area contributed by atoms with Crippen LogP contribution in [0.4, 0.5) is 0 Å². The molecule has 2 rings (SSSR count). The van der Waals surface area contributed by atoms with E-state index in [1.165, 1.54) is 12.0 Å². The van der Waals surface area contributed by atoms with Crippen LogP contribution >= 0.6 is 0 Å². The lowest BCUT2D eigenvalue weighted by molar-refractivity contribution is -0.135. The topological polar surface area (TPSA) is 46.3 Å². The van der Waals surface area contributed by atoms with Gasteiger partial charge in [0.1, 0.15) is 0 Å². The predicted molar refractivity (Wildman–Crippen MR) is 82.4 cm³/mol. The van der Waals surface area contributed by atoms with Crippen LogP contribution in [0.25, 0.3) is 0 Å². The van der Waals surface area contributed by atoms with E-state index in [0.29, 0.717) is 24.9 Å². The highest BCUT2D eigenvalue weighted by atomic mass is 16.2. The number of hydrogen-bond acceptors (Lipinski definition) is 2. The van der Waals surface area contributed by atoms with Crippen molar-refractivity contribution in [3.8, 4) is 0 Å². The summed E-state index contributed by atoms with van der Waals surface area (Å²) in [5.74, 6) is 0.319. The van der Waals surface area contributed by atoms with Crippen LogP contribution in [0.5, 0.6) is 0 Å². The number of hydrogen-bond donors (Lipinski definition) is 1. The second-order valence-corrected chi connectivity index (χ2v) is 5.65. The Morgan fingerprint density at radius 3 is 2.80 bits per heavy atom. The second-order valence-electron chi connectivity index (χ2n) is 5.65. The maximum atomic E-state index is 12.4. The van der Waals surface area contributed by atoms with Gasteiger partial charge in [-0.2, -0.15) is 0 Å². The van der Waals surface area contributed by atoms with E-state index in [1.54, 1.807) is 0 Å². The summed E-state index contributed by atoms with van der Waals surface area (Å²) in [5, 5.41) is 0. The average Bonchev–Trinajstić information content (AvgIpc) is 2.49. The number of carbonyl (C=O) groups excluding carboxylic acids is 1. The molecule has 1 aromatic carbocycles. The highest BCUT2D eigenvalue weighted by Crippen LogP contribution is 2.20. The first kappa shape index (κ1) is 15.0. The van der Waals surface area contributed by atoms with Crippen molar-refractivity contribution in [1.82, 2.24) is 4.90 Å². The monoisotopic (exact) mass is 274 g/mol. The van der Waals surface area contributed by atoms with Crippen molar-refractivity contribution in [3.63, 3.8) is 0 Å². The minimum absolute atomic E-state index is 0.319. The molecule has 1 atom stereocenters. The first-order valence-corrected chi connectivity index (χ1v) is 7.84. The van der Waals surface area contributed by atoms with Crippen LogP contribution in [0.15, 0.2) is 30.3 Å². The third-order valence-electron chi connectivity index (χ3n) is 4.15. The van der Waals surface area contributed by atoms with Crippen molar-refractivity contribution in [1.29, 1.82) is 0 Å². The van der Waals surface area contributed by atoms with Crippen LogP contribution in [0.1, 0.15) is 44.1 Å². The molecule has 1 unspecified atom stereocenters. The van der Waals surface area contributed by atoms with Crippen molar-refractivity contribution < 1.29 is 4.79 Å². The van der Waals surface area contributed by atoms with Gasteiger partial charge in [0.2, 0.25) is 5.91 Å². The average molecular weight is 274 g/mol. The lowest BCUT2D eigenvalue weighted by atomic mass is 9.98. The van der Waals surface area contributed by atoms with Gasteiger partial charge in [-0.05, 0) is 50.6 Å². The minimum Gasteiger partial charge on any atom is -0.340 e. The number of carbonyl (C=O) groups is 1. The molecule has 1 aliphatic heterocycles. The van der Waals surface area contributed by atoms with Gasteiger partial charge < -0.3 is 10.6 Å². The number of aryl methyl sites for hydroxylation is 1. The van der Waals surface area contributed by atoms with Gasteiger partial charge in [0.05, 0.1) is 0 Å². The first-order valence-electron chi connectivity index (χ1n) is 7.84. The van der Waals surface area contributed by atoms with Crippen molar-refractivity contribution >= 4 is 5.91 Å². The zero-order valence-corrected chi connectivity index (χ0v) is 12.3. The van der Waals surface area contributed by atoms with E-state index in [0.717, 1.165) is 38.6 Å². The summed E-state index contributed by atoms with van der Waals surface area (Å²) in [6.07, 6.45) is 7.04. The Balaban J connectivity index is 1.78. The fourth-order valence-corrected chi connectivity index (χ4v) is 3.05. The normalized spacial score (nSPS) is 19.1. The molecule has 1 fully saturated rings. The summed E-state index contributed by atoms with van der Waals surface area (Å²) >= 11 is 0. The SMILES string of the molecule is NCCC1CCCCN1C(=O)CCCc1ccccc1. The largest absolute Gasteiger partial charge is 0.340 e. The van der Waals surface area contributed by atoms with Gasteiger partial charge in [-0.15, -0.1) is 0 Å². The van der Waals surface area contributed by atoms with E-state index < -0.39 is 0 Å². The van der Waals surface area contributed by atoms with Gasteiger partial charge in [0.15, 0.2) is 0 Å². The summed E-state index contributed by atoms with van der Waals surface area (Å²) in [6, 6.07) is 10.8. The summed E-state index contributed by atoms with van der Waals surface area (Å²) in [7, 11) is 0. The Hall–Kier alpha value is -1.35. The molecule has 3 nitrogen and oxygen atoms in total. The molecule has 1 aromatic rings. The van der Waals surface area contributed by atoms with E-state index in [2.05, 4.69) is 29.2 Å². The highest BCUT2D eigenvalue weighted by Gasteiger charge is 2.25. The fourth-order valence-electron chi connectivity index (χ4n) is 3.05. The second kappa shape index (κ2) is 8.05. The number of benzene rings is 1. The standard InChI is InChI=1S/C17H26N2O/c18-13-12-16-10-4-5-14-19(16)17(20)11-6-9-15-7-2-1-3-8-15/h1-3,7-8,16H,4-6,9-14,18H2. The van der Waals surface area contributed by atoms with Crippen molar-refractivity contribution in [2.24, 2.45) is 5.73 Å². The van der Waals surface area contributed by atoms with Crippen LogP contribution in [-0.4, -0.2) is 29.9 Å². The number of nitrogens with two attached hydrogens (primary N) is 1. The summed E-state index contributed by atoms with van der Waals surface area (Å²) in [5.41, 5.74) is 6.98. The molecule has 110 valence electrons. The Kier molecular flexibility index (Phi) is 6.06. The van der Waals surface area contributed by atoms with Gasteiger partial charge in [0, 0.05) is 19.0 Å². The van der Waals surface area contributed by atoms with Crippen molar-refractivity contribution in [2.45, 2.75) is 51.0 Å². The predicted octanol–water partition coefficient (Wildman–Crippen LogP) is 2.74. The van der Waals surface area contributed by atoms with Gasteiger partial charge >= 0.3 is 0 Å². The van der Waals surface area contributed by atoms with Crippen LogP contribution in [-0.2, 0) is 11.2 Å². The Bertz CT molecular complexity index is 403. The molecular formula is C17H26N2O. The Morgan fingerprint density at radius 1 is 1.25 bits per heavy atom. The smallest absolute Gasteiger partial charge is 0.222 e. The molecule has 20 heavy (non-hydrogen) atoms. The lowest BCUT2D eigenvalue weighted by Gasteiger charge is -2.35. The van der Waals surface area contributed by atoms with E-state index in [-0.39, 0.29) is 0 Å². The molecular weight excluding hydrogens is 248 g/mol. The number of likely N-dealkylation sites (tertiary alicyclic amines) is 1. The number of nitrogens with zero attached hydrogens (tertiary/aromatic N) is 1. The summed E-state index contributed by atoms with van der Waals surface area (Å²) in [4.78, 5) is 14.4. The van der Waals surface area contributed by atoms with E-state index in [4.69, 9.17) is 5.73 Å². The third-order valence-corrected chi connectivity index (χ3v) is 4.15. The molecule has 0 saturated carbocycles. The number of amides is 1. The van der Waals surface area contributed by atoms with Gasteiger partial charge in [-0.3, -0.25) is 4.79 Å². The molecule has 0 aliphatic carbocycles. The molecule has 0 bridgehead atoms. The molecule has 0 spiro atoms. The molecule has 1 heterocycles. The third kappa shape index (κ3) is 4.34. The van der Waals surface area contributed by atoms with Crippen molar-refractivity contribution in [3.05, 3.63) is 35.9 Å². The molecule has 1 aliphatic rings. The van der Waals surface area contributed by atoms with Gasteiger partial charge in [0.25, 0.3) is 0 Å². The summed E-state index contributed by atoms with van der Waals surface area (Å²) in [6.45, 7) is 1.60. The maximum Gasteiger partial charge on any atom is 0.222 e. The Morgan fingerprint density at radius 2 is 2.05 bits per heavy atom. The van der Waals surface area contributed by atoms with Gasteiger partial charge in [-0.25, -0.2) is 0 Å². The van der Waals surface area contributed by atoms with Crippen LogP contribution in [0.3, 0.4) is 0 Å². The molecule has 0 radical (unpaired) electrons. The van der Waals surface area contributed by atoms with Crippen LogP contribution in [0, 0.1) is 0 Å². The highest BCUT2D eigenvalue weighted by molar-refractivity contribution is 5.76. The van der Waals surface area contributed by atoms with Crippen LogP contribution < -0.4 is 5.73 Å². The molecule has 3 heteroatoms. The molecule has 0 aromatic heterocycles. The molecule has 1 saturated heterocycles. The Labute approximate surface area is 122 Å². The fraction of sp³-hybridized carbons (Fsp3) is 0.588. The lowest BCUT2D eigenvalue weighted by Crippen LogP contribution is -2.44. The number of rotatable bonds is 6. The van der Waals surface area contributed by atoms with E-state index >= 15 is 0 Å². The quantitative estimate of drug-likeness (QED) is 0.867. The van der Waals surface area contributed by atoms with E-state index in [1.807, 2.05) is 6.07 Å². The van der Waals surface area contributed by atoms with E-state index in [9.17, 15) is 4.79 Å². The zero-order chi connectivity index (χ0) is 14.2. The molecule has 2 N–H and O–H groups in total. The first-order chi connectivity index (χ1) is 9.81. The summed E-state index contributed by atoms with van der Waals surface area (Å²) < 4.78 is 0. The number of piperidine rings is 1. The van der Waals surface area contributed by atoms with Crippen LogP contribution in [0.2, 0.25) is 0 Å².